The van der Waals surface area contributed by atoms with Crippen LogP contribution in [0.4, 0.5) is 4.79 Å². The molecule has 2 heterocycles. The average molecular weight is 404 g/mol. The summed E-state index contributed by atoms with van der Waals surface area (Å²) in [6.07, 6.45) is 1.94. The first kappa shape index (κ1) is 20.2. The average Bonchev–Trinajstić information content (AvgIpc) is 2.68. The Morgan fingerprint density at radius 3 is 2.29 bits per heavy atom. The standard InChI is InChI=1S/C19H24N4O4S/c1-22(16-9-11-23(12-10-16)19(24)25)13-15-5-8-18(21-20-15)14-3-6-17(7-4-14)28(2,26)27/h3-8,16H,9-13H2,1-2H3,(H,24,25). The first-order chi connectivity index (χ1) is 13.2. The molecule has 150 valence electrons. The van der Waals surface area contributed by atoms with Crippen molar-refractivity contribution in [3.05, 3.63) is 42.1 Å². The molecular formula is C19H24N4O4S. The van der Waals surface area contributed by atoms with Gasteiger partial charge in [0.15, 0.2) is 9.84 Å². The number of hydrogen-bond donors (Lipinski definition) is 1. The Kier molecular flexibility index (Phi) is 5.95. The van der Waals surface area contributed by atoms with Gasteiger partial charge in [0.25, 0.3) is 0 Å². The smallest absolute Gasteiger partial charge is 0.407 e. The number of amides is 1. The summed E-state index contributed by atoms with van der Waals surface area (Å²) in [6.45, 7) is 1.74. The zero-order valence-corrected chi connectivity index (χ0v) is 16.8. The lowest BCUT2D eigenvalue weighted by Crippen LogP contribution is -2.44. The lowest BCUT2D eigenvalue weighted by atomic mass is 10.0. The number of benzene rings is 1. The highest BCUT2D eigenvalue weighted by Crippen LogP contribution is 2.20. The predicted octanol–water partition coefficient (Wildman–Crippen LogP) is 2.12. The summed E-state index contributed by atoms with van der Waals surface area (Å²) in [5, 5.41) is 17.6. The van der Waals surface area contributed by atoms with Gasteiger partial charge in [0.1, 0.15) is 0 Å². The normalized spacial score (nSPS) is 15.8. The summed E-state index contributed by atoms with van der Waals surface area (Å²) < 4.78 is 23.1. The van der Waals surface area contributed by atoms with Gasteiger partial charge in [-0.15, -0.1) is 0 Å². The lowest BCUT2D eigenvalue weighted by molar-refractivity contribution is 0.102. The molecule has 0 saturated carbocycles. The summed E-state index contributed by atoms with van der Waals surface area (Å²) in [7, 11) is -1.20. The van der Waals surface area contributed by atoms with Crippen LogP contribution in [-0.2, 0) is 16.4 Å². The molecule has 1 aliphatic rings. The van der Waals surface area contributed by atoms with Gasteiger partial charge < -0.3 is 10.0 Å². The van der Waals surface area contributed by atoms with E-state index in [0.29, 0.717) is 31.4 Å². The Balaban J connectivity index is 1.61. The van der Waals surface area contributed by atoms with Crippen molar-refractivity contribution in [3.63, 3.8) is 0 Å². The Hall–Kier alpha value is -2.52. The summed E-state index contributed by atoms with van der Waals surface area (Å²) in [5.74, 6) is 0. The Morgan fingerprint density at radius 2 is 1.79 bits per heavy atom. The second-order valence-corrected chi connectivity index (χ2v) is 9.14. The van der Waals surface area contributed by atoms with Gasteiger partial charge in [-0.05, 0) is 44.2 Å². The second-order valence-electron chi connectivity index (χ2n) is 7.12. The minimum Gasteiger partial charge on any atom is -0.465 e. The molecule has 0 aliphatic carbocycles. The molecule has 1 saturated heterocycles. The minimum atomic E-state index is -3.22. The molecule has 2 aromatic rings. The van der Waals surface area contributed by atoms with E-state index in [1.165, 1.54) is 11.2 Å². The third-order valence-corrected chi connectivity index (χ3v) is 6.20. The number of aromatic nitrogens is 2. The van der Waals surface area contributed by atoms with Crippen LogP contribution >= 0.6 is 0 Å². The van der Waals surface area contributed by atoms with Crippen molar-refractivity contribution < 1.29 is 18.3 Å². The van der Waals surface area contributed by atoms with Gasteiger partial charge in [-0.3, -0.25) is 4.90 Å². The van der Waals surface area contributed by atoms with Crippen LogP contribution in [0.5, 0.6) is 0 Å². The van der Waals surface area contributed by atoms with Crippen molar-refractivity contribution in [1.29, 1.82) is 0 Å². The fourth-order valence-corrected chi connectivity index (χ4v) is 3.98. The van der Waals surface area contributed by atoms with Crippen LogP contribution in [0.1, 0.15) is 18.5 Å². The molecule has 8 nitrogen and oxygen atoms in total. The Morgan fingerprint density at radius 1 is 1.14 bits per heavy atom. The molecule has 0 atom stereocenters. The summed E-state index contributed by atoms with van der Waals surface area (Å²) in [6, 6.07) is 10.7. The van der Waals surface area contributed by atoms with E-state index in [9.17, 15) is 13.2 Å². The highest BCUT2D eigenvalue weighted by Gasteiger charge is 2.25. The van der Waals surface area contributed by atoms with Crippen molar-refractivity contribution in [2.24, 2.45) is 0 Å². The summed E-state index contributed by atoms with van der Waals surface area (Å²) >= 11 is 0. The van der Waals surface area contributed by atoms with Crippen molar-refractivity contribution in [1.82, 2.24) is 20.0 Å². The first-order valence-corrected chi connectivity index (χ1v) is 10.9. The third-order valence-electron chi connectivity index (χ3n) is 5.07. The lowest BCUT2D eigenvalue weighted by Gasteiger charge is -2.35. The molecule has 0 radical (unpaired) electrons. The fraction of sp³-hybridized carbons (Fsp3) is 0.421. The van der Waals surface area contributed by atoms with Crippen LogP contribution in [-0.4, -0.2) is 72.0 Å². The van der Waals surface area contributed by atoms with Gasteiger partial charge in [0, 0.05) is 37.5 Å². The van der Waals surface area contributed by atoms with Gasteiger partial charge in [0.05, 0.1) is 16.3 Å². The number of hydrogen-bond acceptors (Lipinski definition) is 6. The Bertz CT molecular complexity index is 921. The quantitative estimate of drug-likeness (QED) is 0.814. The van der Waals surface area contributed by atoms with Gasteiger partial charge in [-0.1, -0.05) is 12.1 Å². The van der Waals surface area contributed by atoms with Gasteiger partial charge >= 0.3 is 6.09 Å². The molecule has 1 N–H and O–H groups in total. The van der Waals surface area contributed by atoms with Crippen LogP contribution in [0.15, 0.2) is 41.3 Å². The number of nitrogens with zero attached hydrogens (tertiary/aromatic N) is 4. The number of rotatable bonds is 5. The van der Waals surface area contributed by atoms with E-state index < -0.39 is 15.9 Å². The fourth-order valence-electron chi connectivity index (χ4n) is 3.35. The molecule has 28 heavy (non-hydrogen) atoms. The number of piperidine rings is 1. The second kappa shape index (κ2) is 8.24. The zero-order valence-electron chi connectivity index (χ0n) is 15.9. The van der Waals surface area contributed by atoms with Crippen molar-refractivity contribution in [3.8, 4) is 11.3 Å². The topological polar surface area (TPSA) is 104 Å². The van der Waals surface area contributed by atoms with Crippen LogP contribution in [0.2, 0.25) is 0 Å². The molecule has 0 bridgehead atoms. The summed E-state index contributed by atoms with van der Waals surface area (Å²) in [5.41, 5.74) is 2.32. The van der Waals surface area contributed by atoms with Crippen LogP contribution in [0.3, 0.4) is 0 Å². The van der Waals surface area contributed by atoms with E-state index in [4.69, 9.17) is 5.11 Å². The first-order valence-electron chi connectivity index (χ1n) is 9.05. The highest BCUT2D eigenvalue weighted by molar-refractivity contribution is 7.90. The maximum Gasteiger partial charge on any atom is 0.407 e. The molecule has 3 rings (SSSR count). The van der Waals surface area contributed by atoms with Crippen molar-refractivity contribution >= 4 is 15.9 Å². The molecule has 0 spiro atoms. The van der Waals surface area contributed by atoms with Gasteiger partial charge in [-0.2, -0.15) is 10.2 Å². The summed E-state index contributed by atoms with van der Waals surface area (Å²) in [4.78, 5) is 14.9. The van der Waals surface area contributed by atoms with E-state index in [-0.39, 0.29) is 4.90 Å². The van der Waals surface area contributed by atoms with Crippen LogP contribution in [0, 0.1) is 0 Å². The van der Waals surface area contributed by atoms with E-state index in [1.54, 1.807) is 24.3 Å². The minimum absolute atomic E-state index is 0.274. The molecule has 1 aromatic carbocycles. The molecule has 1 fully saturated rings. The maximum absolute atomic E-state index is 11.5. The zero-order chi connectivity index (χ0) is 20.3. The number of likely N-dealkylation sites (tertiary alicyclic amines) is 1. The molecule has 0 unspecified atom stereocenters. The van der Waals surface area contributed by atoms with E-state index in [1.807, 2.05) is 19.2 Å². The number of carbonyl (C=O) groups is 1. The largest absolute Gasteiger partial charge is 0.465 e. The number of carboxylic acid groups (broad SMARTS) is 1. The van der Waals surface area contributed by atoms with Gasteiger partial charge in [-0.25, -0.2) is 13.2 Å². The molecule has 1 aromatic heterocycles. The predicted molar refractivity (Wildman–Crippen MR) is 105 cm³/mol. The maximum atomic E-state index is 11.5. The molecular weight excluding hydrogens is 380 g/mol. The van der Waals surface area contributed by atoms with Crippen LogP contribution < -0.4 is 0 Å². The monoisotopic (exact) mass is 404 g/mol. The van der Waals surface area contributed by atoms with Crippen molar-refractivity contribution in [2.75, 3.05) is 26.4 Å². The van der Waals surface area contributed by atoms with E-state index in [2.05, 4.69) is 15.1 Å². The molecule has 9 heteroatoms. The third kappa shape index (κ3) is 4.85. The highest BCUT2D eigenvalue weighted by atomic mass is 32.2. The SMILES string of the molecule is CN(Cc1ccc(-c2ccc(S(C)(=O)=O)cc2)nn1)C1CCN(C(=O)O)CC1. The molecule has 1 aliphatic heterocycles. The molecule has 1 amide bonds. The van der Waals surface area contributed by atoms with Crippen molar-refractivity contribution in [2.45, 2.75) is 30.3 Å². The number of sulfone groups is 1. The van der Waals surface area contributed by atoms with E-state index >= 15 is 0 Å². The Labute approximate surface area is 164 Å². The van der Waals surface area contributed by atoms with Crippen LogP contribution in [0.25, 0.3) is 11.3 Å². The van der Waals surface area contributed by atoms with E-state index in [0.717, 1.165) is 24.1 Å². The van der Waals surface area contributed by atoms with Gasteiger partial charge in [0.2, 0.25) is 0 Å².